The molecule has 2 unspecified atom stereocenters. The molecule has 0 saturated heterocycles. The first-order valence-corrected chi connectivity index (χ1v) is 7.44. The first-order chi connectivity index (χ1) is 9.28. The number of benzene rings is 1. The number of hydrogen-bond acceptors (Lipinski definition) is 3. The van der Waals surface area contributed by atoms with Gasteiger partial charge in [0, 0.05) is 12.0 Å². The third-order valence-electron chi connectivity index (χ3n) is 4.56. The van der Waals surface area contributed by atoms with Crippen molar-refractivity contribution in [2.24, 2.45) is 5.41 Å². The average Bonchev–Trinajstić information content (AvgIpc) is 2.79. The molecule has 110 valence electrons. The van der Waals surface area contributed by atoms with Gasteiger partial charge < -0.3 is 14.6 Å². The molecule has 0 spiro atoms. The van der Waals surface area contributed by atoms with Gasteiger partial charge >= 0.3 is 0 Å². The van der Waals surface area contributed by atoms with Crippen molar-refractivity contribution < 1.29 is 14.6 Å². The smallest absolute Gasteiger partial charge is 0.165 e. The van der Waals surface area contributed by atoms with Crippen LogP contribution >= 0.6 is 0 Å². The standard InChI is InChI=1S/C17H24O3/c1-16(2)9-8-13(15(16)18)19-12-7-5-6-11-10-17(3,4)20-14(11)12/h5-7,13,15,18H,8-10H2,1-4H3. The van der Waals surface area contributed by atoms with Crippen molar-refractivity contribution in [1.82, 2.24) is 0 Å². The molecule has 2 atom stereocenters. The monoisotopic (exact) mass is 276 g/mol. The fourth-order valence-electron chi connectivity index (χ4n) is 3.29. The summed E-state index contributed by atoms with van der Waals surface area (Å²) in [4.78, 5) is 0. The number of ether oxygens (including phenoxy) is 2. The van der Waals surface area contributed by atoms with Crippen molar-refractivity contribution in [3.63, 3.8) is 0 Å². The number of para-hydroxylation sites is 1. The van der Waals surface area contributed by atoms with Crippen molar-refractivity contribution in [2.75, 3.05) is 0 Å². The number of aliphatic hydroxyl groups is 1. The Morgan fingerprint density at radius 2 is 2.00 bits per heavy atom. The Morgan fingerprint density at radius 1 is 1.25 bits per heavy atom. The summed E-state index contributed by atoms with van der Waals surface area (Å²) in [6, 6.07) is 6.04. The van der Waals surface area contributed by atoms with E-state index in [1.165, 1.54) is 5.56 Å². The Morgan fingerprint density at radius 3 is 2.65 bits per heavy atom. The molecule has 2 aliphatic rings. The molecule has 1 aromatic carbocycles. The van der Waals surface area contributed by atoms with Gasteiger partial charge in [-0.05, 0) is 38.2 Å². The molecule has 0 radical (unpaired) electrons. The maximum atomic E-state index is 10.4. The summed E-state index contributed by atoms with van der Waals surface area (Å²) in [7, 11) is 0. The zero-order valence-corrected chi connectivity index (χ0v) is 12.8. The quantitative estimate of drug-likeness (QED) is 0.900. The highest BCUT2D eigenvalue weighted by Gasteiger charge is 2.43. The molecule has 1 aliphatic heterocycles. The number of aliphatic hydroxyl groups excluding tert-OH is 1. The van der Waals surface area contributed by atoms with E-state index < -0.39 is 6.10 Å². The van der Waals surface area contributed by atoms with E-state index >= 15 is 0 Å². The maximum absolute atomic E-state index is 10.4. The molecular weight excluding hydrogens is 252 g/mol. The van der Waals surface area contributed by atoms with E-state index in [1.807, 2.05) is 12.1 Å². The van der Waals surface area contributed by atoms with Crippen LogP contribution in [0.1, 0.15) is 46.1 Å². The molecule has 1 aliphatic carbocycles. The van der Waals surface area contributed by atoms with Crippen LogP contribution in [0.25, 0.3) is 0 Å². The fourth-order valence-corrected chi connectivity index (χ4v) is 3.29. The summed E-state index contributed by atoms with van der Waals surface area (Å²) in [6.07, 6.45) is 2.22. The molecule has 20 heavy (non-hydrogen) atoms. The van der Waals surface area contributed by atoms with Gasteiger partial charge in [-0.15, -0.1) is 0 Å². The predicted octanol–water partition coefficient (Wildman–Crippen LogP) is 3.33. The lowest BCUT2D eigenvalue weighted by Gasteiger charge is -2.26. The minimum absolute atomic E-state index is 0.0667. The Kier molecular flexibility index (Phi) is 3.02. The molecule has 3 heteroatoms. The van der Waals surface area contributed by atoms with Crippen LogP contribution in [0.4, 0.5) is 0 Å². The largest absolute Gasteiger partial charge is 0.484 e. The Labute approximate surface area is 120 Å². The Balaban J connectivity index is 1.82. The molecule has 1 fully saturated rings. The molecular formula is C17H24O3. The highest BCUT2D eigenvalue weighted by molar-refractivity contribution is 5.50. The van der Waals surface area contributed by atoms with Crippen molar-refractivity contribution in [2.45, 2.75) is 64.8 Å². The second kappa shape index (κ2) is 4.39. The highest BCUT2D eigenvalue weighted by atomic mass is 16.5. The topological polar surface area (TPSA) is 38.7 Å². The maximum Gasteiger partial charge on any atom is 0.165 e. The van der Waals surface area contributed by atoms with Crippen LogP contribution in [-0.2, 0) is 6.42 Å². The lowest BCUT2D eigenvalue weighted by Crippen LogP contribution is -2.34. The molecule has 0 aromatic heterocycles. The van der Waals surface area contributed by atoms with E-state index in [1.54, 1.807) is 0 Å². The van der Waals surface area contributed by atoms with Crippen LogP contribution in [0.3, 0.4) is 0 Å². The summed E-state index contributed by atoms with van der Waals surface area (Å²) in [6.45, 7) is 8.36. The zero-order valence-electron chi connectivity index (χ0n) is 12.8. The molecule has 3 rings (SSSR count). The van der Waals surface area contributed by atoms with Crippen molar-refractivity contribution >= 4 is 0 Å². The van der Waals surface area contributed by atoms with Crippen LogP contribution in [0, 0.1) is 5.41 Å². The third kappa shape index (κ3) is 2.28. The fraction of sp³-hybridized carbons (Fsp3) is 0.647. The van der Waals surface area contributed by atoms with Gasteiger partial charge in [0.15, 0.2) is 11.5 Å². The van der Waals surface area contributed by atoms with E-state index in [0.29, 0.717) is 0 Å². The Hall–Kier alpha value is -1.22. The number of hydrogen-bond donors (Lipinski definition) is 1. The van der Waals surface area contributed by atoms with Crippen molar-refractivity contribution in [1.29, 1.82) is 0 Å². The molecule has 1 saturated carbocycles. The van der Waals surface area contributed by atoms with Gasteiger partial charge in [0.25, 0.3) is 0 Å². The Bertz CT molecular complexity index is 519. The summed E-state index contributed by atoms with van der Waals surface area (Å²) in [5.74, 6) is 1.63. The minimum atomic E-state index is -0.423. The lowest BCUT2D eigenvalue weighted by atomic mass is 9.89. The van der Waals surface area contributed by atoms with E-state index in [-0.39, 0.29) is 17.1 Å². The van der Waals surface area contributed by atoms with E-state index in [0.717, 1.165) is 30.8 Å². The second-order valence-electron chi connectivity index (χ2n) is 7.41. The van der Waals surface area contributed by atoms with Crippen LogP contribution in [0.2, 0.25) is 0 Å². The summed E-state index contributed by atoms with van der Waals surface area (Å²) >= 11 is 0. The average molecular weight is 276 g/mol. The second-order valence-corrected chi connectivity index (χ2v) is 7.41. The van der Waals surface area contributed by atoms with Gasteiger partial charge in [-0.2, -0.15) is 0 Å². The molecule has 1 heterocycles. The molecule has 1 aromatic rings. The van der Waals surface area contributed by atoms with Crippen LogP contribution < -0.4 is 9.47 Å². The predicted molar refractivity (Wildman–Crippen MR) is 78.3 cm³/mol. The van der Waals surface area contributed by atoms with E-state index in [9.17, 15) is 5.11 Å². The number of rotatable bonds is 2. The van der Waals surface area contributed by atoms with Crippen molar-refractivity contribution in [3.8, 4) is 11.5 Å². The molecule has 3 nitrogen and oxygen atoms in total. The molecule has 0 bridgehead atoms. The third-order valence-corrected chi connectivity index (χ3v) is 4.56. The lowest BCUT2D eigenvalue weighted by molar-refractivity contribution is 0.00299. The minimum Gasteiger partial charge on any atom is -0.484 e. The summed E-state index contributed by atoms with van der Waals surface area (Å²) in [5.41, 5.74) is 0.956. The first-order valence-electron chi connectivity index (χ1n) is 7.44. The molecule has 1 N–H and O–H groups in total. The van der Waals surface area contributed by atoms with E-state index in [4.69, 9.17) is 9.47 Å². The van der Waals surface area contributed by atoms with Gasteiger partial charge in [0.05, 0.1) is 6.10 Å². The van der Waals surface area contributed by atoms with Gasteiger partial charge in [-0.1, -0.05) is 26.0 Å². The zero-order chi connectivity index (χ0) is 14.5. The number of fused-ring (bicyclic) bond motifs is 1. The highest BCUT2D eigenvalue weighted by Crippen LogP contribution is 2.45. The normalized spacial score (nSPS) is 29.9. The van der Waals surface area contributed by atoms with Gasteiger partial charge in [0.2, 0.25) is 0 Å². The summed E-state index contributed by atoms with van der Waals surface area (Å²) < 4.78 is 12.1. The van der Waals surface area contributed by atoms with Gasteiger partial charge in [-0.25, -0.2) is 0 Å². The van der Waals surface area contributed by atoms with Crippen LogP contribution in [-0.4, -0.2) is 22.9 Å². The SMILES string of the molecule is CC1(C)Cc2cccc(OC3CCC(C)(C)C3O)c2O1. The summed E-state index contributed by atoms with van der Waals surface area (Å²) in [5, 5.41) is 10.4. The van der Waals surface area contributed by atoms with Crippen LogP contribution in [0.5, 0.6) is 11.5 Å². The van der Waals surface area contributed by atoms with Crippen molar-refractivity contribution in [3.05, 3.63) is 23.8 Å². The van der Waals surface area contributed by atoms with Gasteiger partial charge in [0.1, 0.15) is 11.7 Å². The molecule has 0 amide bonds. The van der Waals surface area contributed by atoms with Crippen LogP contribution in [0.15, 0.2) is 18.2 Å². The van der Waals surface area contributed by atoms with Gasteiger partial charge in [-0.3, -0.25) is 0 Å². The van der Waals surface area contributed by atoms with E-state index in [2.05, 4.69) is 33.8 Å². The first kappa shape index (κ1) is 13.7.